The Kier molecular flexibility index (Phi) is 6.54. The van der Waals surface area contributed by atoms with Gasteiger partial charge in [-0.15, -0.1) is 0 Å². The number of nitrogens with two attached hydrogens (primary N) is 1. The highest BCUT2D eigenvalue weighted by molar-refractivity contribution is 5.90. The monoisotopic (exact) mass is 274 g/mol. The maximum Gasteiger partial charge on any atom is 0.225 e. The van der Waals surface area contributed by atoms with Gasteiger partial charge in [-0.2, -0.15) is 5.26 Å². The zero-order valence-corrected chi connectivity index (χ0v) is 12.1. The van der Waals surface area contributed by atoms with Crippen LogP contribution in [-0.4, -0.2) is 30.4 Å². The molecule has 0 aliphatic heterocycles. The summed E-state index contributed by atoms with van der Waals surface area (Å²) < 4.78 is 0. The maximum absolute atomic E-state index is 11.8. The molecule has 0 fully saturated rings. The van der Waals surface area contributed by atoms with E-state index in [0.717, 1.165) is 12.2 Å². The first-order valence-corrected chi connectivity index (χ1v) is 6.82. The molecule has 1 atom stereocenters. The summed E-state index contributed by atoms with van der Waals surface area (Å²) in [5, 5.41) is 11.6. The van der Waals surface area contributed by atoms with Gasteiger partial charge in [-0.1, -0.05) is 6.92 Å². The molecular weight excluding hydrogens is 252 g/mol. The molecule has 108 valence electrons. The summed E-state index contributed by atoms with van der Waals surface area (Å²) in [6.07, 6.45) is 0.413. The van der Waals surface area contributed by atoms with Crippen LogP contribution in [0.4, 0.5) is 11.4 Å². The summed E-state index contributed by atoms with van der Waals surface area (Å²) in [5.74, 6) is -0.0482. The fourth-order valence-corrected chi connectivity index (χ4v) is 1.86. The predicted molar refractivity (Wildman–Crippen MR) is 81.0 cm³/mol. The third kappa shape index (κ3) is 5.72. The van der Waals surface area contributed by atoms with Gasteiger partial charge in [0.2, 0.25) is 5.91 Å². The molecule has 0 aliphatic carbocycles. The number of nitriles is 1. The Morgan fingerprint density at radius 3 is 2.65 bits per heavy atom. The van der Waals surface area contributed by atoms with E-state index in [0.29, 0.717) is 25.2 Å². The minimum absolute atomic E-state index is 0.0184. The van der Waals surface area contributed by atoms with Crippen molar-refractivity contribution < 1.29 is 4.79 Å². The molecule has 0 radical (unpaired) electrons. The SMILES string of the molecule is CCN(CCC(=O)Nc1ccc(N)cc1)CC(C)C#N. The molecular formula is C15H22N4O. The maximum atomic E-state index is 11.8. The van der Waals surface area contributed by atoms with Gasteiger partial charge in [0.1, 0.15) is 0 Å². The highest BCUT2D eigenvalue weighted by atomic mass is 16.1. The van der Waals surface area contributed by atoms with Crippen LogP contribution >= 0.6 is 0 Å². The van der Waals surface area contributed by atoms with Crippen molar-refractivity contribution in [2.24, 2.45) is 5.92 Å². The molecule has 0 bridgehead atoms. The standard InChI is InChI=1S/C15H22N4O/c1-3-19(11-12(2)10-16)9-8-15(20)18-14-6-4-13(17)5-7-14/h4-7,12H,3,8-9,11,17H2,1-2H3,(H,18,20). The Labute approximate surface area is 120 Å². The number of benzene rings is 1. The lowest BCUT2D eigenvalue weighted by Crippen LogP contribution is -2.31. The third-order valence-corrected chi connectivity index (χ3v) is 3.05. The summed E-state index contributed by atoms with van der Waals surface area (Å²) in [7, 11) is 0. The van der Waals surface area contributed by atoms with Gasteiger partial charge < -0.3 is 16.0 Å². The number of hydrogen-bond donors (Lipinski definition) is 2. The van der Waals surface area contributed by atoms with Crippen molar-refractivity contribution in [1.82, 2.24) is 4.90 Å². The van der Waals surface area contributed by atoms with Gasteiger partial charge in [-0.05, 0) is 37.7 Å². The van der Waals surface area contributed by atoms with E-state index in [4.69, 9.17) is 11.0 Å². The minimum Gasteiger partial charge on any atom is -0.399 e. The van der Waals surface area contributed by atoms with E-state index >= 15 is 0 Å². The number of rotatable bonds is 7. The Hall–Kier alpha value is -2.06. The molecule has 0 heterocycles. The second-order valence-electron chi connectivity index (χ2n) is 4.84. The zero-order chi connectivity index (χ0) is 15.0. The van der Waals surface area contributed by atoms with Crippen LogP contribution in [0.5, 0.6) is 0 Å². The fourth-order valence-electron chi connectivity index (χ4n) is 1.86. The van der Waals surface area contributed by atoms with Crippen LogP contribution in [0, 0.1) is 17.2 Å². The molecule has 5 heteroatoms. The molecule has 1 rings (SSSR count). The number of nitrogen functional groups attached to an aromatic ring is 1. The summed E-state index contributed by atoms with van der Waals surface area (Å²) in [4.78, 5) is 13.9. The van der Waals surface area contributed by atoms with E-state index in [9.17, 15) is 4.79 Å². The second-order valence-corrected chi connectivity index (χ2v) is 4.84. The first-order chi connectivity index (χ1) is 9.55. The van der Waals surface area contributed by atoms with Crippen LogP contribution < -0.4 is 11.1 Å². The molecule has 0 aromatic heterocycles. The van der Waals surface area contributed by atoms with Gasteiger partial charge in [0.05, 0.1) is 12.0 Å². The van der Waals surface area contributed by atoms with Crippen LogP contribution in [0.25, 0.3) is 0 Å². The number of hydrogen-bond acceptors (Lipinski definition) is 4. The lowest BCUT2D eigenvalue weighted by atomic mass is 10.2. The lowest BCUT2D eigenvalue weighted by Gasteiger charge is -2.21. The Bertz CT molecular complexity index is 464. The van der Waals surface area contributed by atoms with Crippen molar-refractivity contribution in [3.8, 4) is 6.07 Å². The van der Waals surface area contributed by atoms with Crippen molar-refractivity contribution >= 4 is 17.3 Å². The van der Waals surface area contributed by atoms with Gasteiger partial charge in [0.15, 0.2) is 0 Å². The van der Waals surface area contributed by atoms with E-state index in [2.05, 4.69) is 16.3 Å². The first-order valence-electron chi connectivity index (χ1n) is 6.82. The van der Waals surface area contributed by atoms with Gasteiger partial charge in [-0.25, -0.2) is 0 Å². The number of carbonyl (C=O) groups is 1. The van der Waals surface area contributed by atoms with Crippen molar-refractivity contribution in [3.05, 3.63) is 24.3 Å². The third-order valence-electron chi connectivity index (χ3n) is 3.05. The van der Waals surface area contributed by atoms with Crippen molar-refractivity contribution in [3.63, 3.8) is 0 Å². The summed E-state index contributed by atoms with van der Waals surface area (Å²) in [6, 6.07) is 9.27. The first kappa shape index (κ1) is 16.0. The molecule has 5 nitrogen and oxygen atoms in total. The van der Waals surface area contributed by atoms with E-state index < -0.39 is 0 Å². The molecule has 1 aromatic rings. The topological polar surface area (TPSA) is 82.2 Å². The van der Waals surface area contributed by atoms with Gasteiger partial charge in [0.25, 0.3) is 0 Å². The van der Waals surface area contributed by atoms with Crippen LogP contribution in [0.2, 0.25) is 0 Å². The number of nitrogens with one attached hydrogen (secondary N) is 1. The Morgan fingerprint density at radius 1 is 1.45 bits per heavy atom. The molecule has 0 saturated carbocycles. The summed E-state index contributed by atoms with van der Waals surface area (Å²) >= 11 is 0. The predicted octanol–water partition coefficient (Wildman–Crippen LogP) is 2.08. The van der Waals surface area contributed by atoms with E-state index in [-0.39, 0.29) is 11.8 Å². The largest absolute Gasteiger partial charge is 0.399 e. The Morgan fingerprint density at radius 2 is 2.10 bits per heavy atom. The molecule has 0 aliphatic rings. The van der Waals surface area contributed by atoms with Crippen molar-refractivity contribution in [1.29, 1.82) is 5.26 Å². The smallest absolute Gasteiger partial charge is 0.225 e. The quantitative estimate of drug-likeness (QED) is 0.746. The highest BCUT2D eigenvalue weighted by Gasteiger charge is 2.10. The average molecular weight is 274 g/mol. The normalized spacial score (nSPS) is 11.9. The second kappa shape index (κ2) is 8.18. The Balaban J connectivity index is 2.38. The molecule has 20 heavy (non-hydrogen) atoms. The van der Waals surface area contributed by atoms with Crippen LogP contribution in [0.1, 0.15) is 20.3 Å². The number of amides is 1. The van der Waals surface area contributed by atoms with Gasteiger partial charge in [0, 0.05) is 30.9 Å². The van der Waals surface area contributed by atoms with E-state index in [1.807, 2.05) is 13.8 Å². The molecule has 0 saturated heterocycles. The molecule has 1 unspecified atom stereocenters. The summed E-state index contributed by atoms with van der Waals surface area (Å²) in [6.45, 7) is 6.10. The van der Waals surface area contributed by atoms with Gasteiger partial charge in [-0.3, -0.25) is 4.79 Å². The summed E-state index contributed by atoms with van der Waals surface area (Å²) in [5.41, 5.74) is 7.01. The molecule has 0 spiro atoms. The van der Waals surface area contributed by atoms with E-state index in [1.54, 1.807) is 24.3 Å². The zero-order valence-electron chi connectivity index (χ0n) is 12.1. The molecule has 3 N–H and O–H groups in total. The number of nitrogens with zero attached hydrogens (tertiary/aromatic N) is 2. The lowest BCUT2D eigenvalue weighted by molar-refractivity contribution is -0.116. The fraction of sp³-hybridized carbons (Fsp3) is 0.467. The molecule has 1 amide bonds. The number of anilines is 2. The van der Waals surface area contributed by atoms with Gasteiger partial charge >= 0.3 is 0 Å². The van der Waals surface area contributed by atoms with Crippen LogP contribution in [-0.2, 0) is 4.79 Å². The van der Waals surface area contributed by atoms with Crippen LogP contribution in [0.15, 0.2) is 24.3 Å². The highest BCUT2D eigenvalue weighted by Crippen LogP contribution is 2.10. The molecule has 1 aromatic carbocycles. The average Bonchev–Trinajstić information content (AvgIpc) is 2.45. The number of carbonyl (C=O) groups excluding carboxylic acids is 1. The van der Waals surface area contributed by atoms with Crippen LogP contribution in [0.3, 0.4) is 0 Å². The van der Waals surface area contributed by atoms with Crippen molar-refractivity contribution in [2.45, 2.75) is 20.3 Å². The van der Waals surface area contributed by atoms with E-state index in [1.165, 1.54) is 0 Å². The minimum atomic E-state index is -0.0298. The van der Waals surface area contributed by atoms with Crippen molar-refractivity contribution in [2.75, 3.05) is 30.7 Å².